The van der Waals surface area contributed by atoms with E-state index >= 15 is 0 Å². The highest BCUT2D eigenvalue weighted by Crippen LogP contribution is 2.30. The first-order chi connectivity index (χ1) is 6.36. The highest BCUT2D eigenvalue weighted by atomic mass is 16.1. The largest absolute Gasteiger partial charge is 0.234 e. The summed E-state index contributed by atoms with van der Waals surface area (Å²) in [6, 6.07) is 0. The first kappa shape index (κ1) is 10.2. The molecule has 1 fully saturated rings. The van der Waals surface area contributed by atoms with Gasteiger partial charge in [-0.15, -0.1) is 0 Å². The molecule has 13 heavy (non-hydrogen) atoms. The Hall–Kier alpha value is -0.880. The Morgan fingerprint density at radius 3 is 3.23 bits per heavy atom. The van der Waals surface area contributed by atoms with Crippen LogP contribution in [-0.2, 0) is 4.79 Å². The SMILES string of the molecule is C/C=C1/CCCC(CCN=C=O)C1. The minimum absolute atomic E-state index is 0.658. The molecule has 0 saturated heterocycles. The number of hydrogen-bond acceptors (Lipinski definition) is 2. The third-order valence-electron chi connectivity index (χ3n) is 2.78. The lowest BCUT2D eigenvalue weighted by Gasteiger charge is -2.23. The summed E-state index contributed by atoms with van der Waals surface area (Å²) >= 11 is 0. The molecule has 0 aromatic rings. The summed E-state index contributed by atoms with van der Waals surface area (Å²) in [6.07, 6.45) is 9.95. The summed E-state index contributed by atoms with van der Waals surface area (Å²) < 4.78 is 0. The molecule has 0 radical (unpaired) electrons. The predicted octanol–water partition coefficient (Wildman–Crippen LogP) is 2.85. The fourth-order valence-corrected chi connectivity index (χ4v) is 1.99. The summed E-state index contributed by atoms with van der Waals surface area (Å²) in [4.78, 5) is 13.5. The van der Waals surface area contributed by atoms with Gasteiger partial charge in [0, 0.05) is 0 Å². The molecular weight excluding hydrogens is 162 g/mol. The van der Waals surface area contributed by atoms with Crippen LogP contribution >= 0.6 is 0 Å². The van der Waals surface area contributed by atoms with Crippen molar-refractivity contribution in [2.24, 2.45) is 10.9 Å². The number of aliphatic imine (C=N–C) groups is 1. The van der Waals surface area contributed by atoms with E-state index in [0.29, 0.717) is 6.54 Å². The maximum Gasteiger partial charge on any atom is 0.234 e. The van der Waals surface area contributed by atoms with Crippen LogP contribution in [0.3, 0.4) is 0 Å². The summed E-state index contributed by atoms with van der Waals surface area (Å²) in [7, 11) is 0. The minimum Gasteiger partial charge on any atom is -0.211 e. The van der Waals surface area contributed by atoms with E-state index < -0.39 is 0 Å². The number of isocyanates is 1. The van der Waals surface area contributed by atoms with Crippen LogP contribution < -0.4 is 0 Å². The summed E-state index contributed by atoms with van der Waals surface area (Å²) in [6.45, 7) is 2.77. The third-order valence-corrected chi connectivity index (χ3v) is 2.78. The lowest BCUT2D eigenvalue weighted by Crippen LogP contribution is -2.09. The van der Waals surface area contributed by atoms with E-state index in [1.807, 2.05) is 0 Å². The van der Waals surface area contributed by atoms with Crippen molar-refractivity contribution in [1.29, 1.82) is 0 Å². The normalized spacial score (nSPS) is 25.6. The van der Waals surface area contributed by atoms with Crippen molar-refractivity contribution in [3.8, 4) is 0 Å². The van der Waals surface area contributed by atoms with Crippen molar-refractivity contribution >= 4 is 6.08 Å². The summed E-state index contributed by atoms with van der Waals surface area (Å²) in [5.41, 5.74) is 1.58. The molecule has 1 unspecified atom stereocenters. The van der Waals surface area contributed by atoms with E-state index in [-0.39, 0.29) is 0 Å². The predicted molar refractivity (Wildman–Crippen MR) is 53.3 cm³/mol. The van der Waals surface area contributed by atoms with Gasteiger partial charge in [0.05, 0.1) is 6.54 Å². The zero-order valence-corrected chi connectivity index (χ0v) is 8.25. The van der Waals surface area contributed by atoms with Crippen LogP contribution in [0.5, 0.6) is 0 Å². The molecule has 0 N–H and O–H groups in total. The van der Waals surface area contributed by atoms with E-state index in [2.05, 4.69) is 18.0 Å². The van der Waals surface area contributed by atoms with Crippen molar-refractivity contribution in [3.05, 3.63) is 11.6 Å². The quantitative estimate of drug-likeness (QED) is 0.372. The number of hydrogen-bond donors (Lipinski definition) is 0. The van der Waals surface area contributed by atoms with Gasteiger partial charge in [-0.2, -0.15) is 0 Å². The molecular formula is C11H17NO. The van der Waals surface area contributed by atoms with Crippen LogP contribution in [0.15, 0.2) is 16.6 Å². The maximum atomic E-state index is 9.86. The van der Waals surface area contributed by atoms with E-state index in [9.17, 15) is 4.79 Å². The van der Waals surface area contributed by atoms with Crippen molar-refractivity contribution < 1.29 is 4.79 Å². The Morgan fingerprint density at radius 2 is 2.54 bits per heavy atom. The molecule has 1 rings (SSSR count). The second kappa shape index (κ2) is 5.71. The van der Waals surface area contributed by atoms with Crippen LogP contribution in [0, 0.1) is 5.92 Å². The smallest absolute Gasteiger partial charge is 0.211 e. The Bertz CT molecular complexity index is 226. The highest BCUT2D eigenvalue weighted by molar-refractivity contribution is 5.32. The second-order valence-electron chi connectivity index (χ2n) is 3.67. The molecule has 1 aliphatic rings. The van der Waals surface area contributed by atoms with Gasteiger partial charge in [0.15, 0.2) is 0 Å². The monoisotopic (exact) mass is 179 g/mol. The van der Waals surface area contributed by atoms with E-state index in [1.54, 1.807) is 11.7 Å². The molecule has 0 aliphatic heterocycles. The molecule has 1 aliphatic carbocycles. The van der Waals surface area contributed by atoms with E-state index in [4.69, 9.17) is 0 Å². The average molecular weight is 179 g/mol. The molecule has 1 saturated carbocycles. The van der Waals surface area contributed by atoms with E-state index in [0.717, 1.165) is 12.3 Å². The lowest BCUT2D eigenvalue weighted by molar-refractivity contribution is 0.397. The second-order valence-corrected chi connectivity index (χ2v) is 3.67. The zero-order valence-electron chi connectivity index (χ0n) is 8.25. The Morgan fingerprint density at radius 1 is 1.69 bits per heavy atom. The van der Waals surface area contributed by atoms with Crippen LogP contribution in [0.2, 0.25) is 0 Å². The molecule has 0 bridgehead atoms. The topological polar surface area (TPSA) is 29.4 Å². The number of rotatable bonds is 3. The first-order valence-corrected chi connectivity index (χ1v) is 5.04. The van der Waals surface area contributed by atoms with Gasteiger partial charge in [-0.3, -0.25) is 0 Å². The molecule has 0 aromatic carbocycles. The highest BCUT2D eigenvalue weighted by Gasteiger charge is 2.15. The van der Waals surface area contributed by atoms with Crippen LogP contribution in [0.1, 0.15) is 39.0 Å². The van der Waals surface area contributed by atoms with Crippen molar-refractivity contribution in [3.63, 3.8) is 0 Å². The summed E-state index contributed by atoms with van der Waals surface area (Å²) in [5.74, 6) is 0.747. The Kier molecular flexibility index (Phi) is 4.48. The van der Waals surface area contributed by atoms with Crippen LogP contribution in [-0.4, -0.2) is 12.6 Å². The Balaban J connectivity index is 2.30. The molecule has 1 atom stereocenters. The summed E-state index contributed by atoms with van der Waals surface area (Å²) in [5, 5.41) is 0. The van der Waals surface area contributed by atoms with Gasteiger partial charge >= 0.3 is 0 Å². The molecule has 0 aromatic heterocycles. The molecule has 0 amide bonds. The average Bonchev–Trinajstić information content (AvgIpc) is 2.19. The standard InChI is InChI=1S/C11H17NO/c1-2-10-4-3-5-11(8-10)6-7-12-9-13/h2,11H,3-8H2,1H3/b10-2-. The van der Waals surface area contributed by atoms with Crippen molar-refractivity contribution in [2.75, 3.05) is 6.54 Å². The van der Waals surface area contributed by atoms with Gasteiger partial charge in [0.1, 0.15) is 0 Å². The molecule has 2 heteroatoms. The lowest BCUT2D eigenvalue weighted by atomic mass is 9.83. The minimum atomic E-state index is 0.658. The van der Waals surface area contributed by atoms with Gasteiger partial charge in [0.2, 0.25) is 6.08 Å². The van der Waals surface area contributed by atoms with Crippen LogP contribution in [0.4, 0.5) is 0 Å². The first-order valence-electron chi connectivity index (χ1n) is 5.04. The van der Waals surface area contributed by atoms with Gasteiger partial charge in [-0.05, 0) is 44.9 Å². The van der Waals surface area contributed by atoms with Gasteiger partial charge in [-0.1, -0.05) is 11.6 Å². The van der Waals surface area contributed by atoms with Crippen molar-refractivity contribution in [1.82, 2.24) is 0 Å². The van der Waals surface area contributed by atoms with Gasteiger partial charge in [-0.25, -0.2) is 9.79 Å². The van der Waals surface area contributed by atoms with Crippen molar-refractivity contribution in [2.45, 2.75) is 39.0 Å². The molecule has 2 nitrogen and oxygen atoms in total. The number of carbonyl (C=O) groups excluding carboxylic acids is 1. The van der Waals surface area contributed by atoms with Gasteiger partial charge in [0.25, 0.3) is 0 Å². The number of nitrogens with zero attached hydrogens (tertiary/aromatic N) is 1. The fraction of sp³-hybridized carbons (Fsp3) is 0.727. The molecule has 72 valence electrons. The Labute approximate surface area is 79.8 Å². The van der Waals surface area contributed by atoms with Crippen LogP contribution in [0.25, 0.3) is 0 Å². The number of allylic oxidation sites excluding steroid dienone is 2. The molecule has 0 spiro atoms. The molecule has 0 heterocycles. The van der Waals surface area contributed by atoms with Gasteiger partial charge < -0.3 is 0 Å². The fourth-order valence-electron chi connectivity index (χ4n) is 1.99. The maximum absolute atomic E-state index is 9.86. The third kappa shape index (κ3) is 3.56. The zero-order chi connectivity index (χ0) is 9.52. The van der Waals surface area contributed by atoms with E-state index in [1.165, 1.54) is 25.7 Å².